The number of benzene rings is 3. The van der Waals surface area contributed by atoms with Crippen molar-refractivity contribution in [3.63, 3.8) is 0 Å². The van der Waals surface area contributed by atoms with Gasteiger partial charge in [-0.05, 0) is 72.7 Å². The minimum atomic E-state index is -0.329. The Hall–Kier alpha value is -3.22. The molecule has 0 unspecified atom stereocenters. The van der Waals surface area contributed by atoms with E-state index in [9.17, 15) is 9.18 Å². The van der Waals surface area contributed by atoms with Gasteiger partial charge in [-0.2, -0.15) is 4.80 Å². The monoisotopic (exact) mass is 440 g/mol. The lowest BCUT2D eigenvalue weighted by Crippen LogP contribution is -2.09. The summed E-state index contributed by atoms with van der Waals surface area (Å²) >= 11 is 12.0. The van der Waals surface area contributed by atoms with Crippen molar-refractivity contribution < 1.29 is 9.18 Å². The van der Waals surface area contributed by atoms with E-state index in [2.05, 4.69) is 15.5 Å². The molecule has 8 heteroatoms. The van der Waals surface area contributed by atoms with Gasteiger partial charge in [0.15, 0.2) is 0 Å². The van der Waals surface area contributed by atoms with Gasteiger partial charge >= 0.3 is 0 Å². The van der Waals surface area contributed by atoms with Crippen LogP contribution in [0.4, 0.5) is 10.1 Å². The van der Waals surface area contributed by atoms with Crippen LogP contribution in [0.2, 0.25) is 10.0 Å². The molecule has 3 aromatic carbocycles. The van der Waals surface area contributed by atoms with Crippen LogP contribution in [0, 0.1) is 12.7 Å². The molecule has 0 aliphatic heterocycles. The van der Waals surface area contributed by atoms with E-state index in [-0.39, 0.29) is 11.7 Å². The number of fused-ring (bicyclic) bond motifs is 1. The molecule has 0 aliphatic rings. The van der Waals surface area contributed by atoms with Gasteiger partial charge in [-0.25, -0.2) is 4.39 Å². The Kier molecular flexibility index (Phi) is 5.53. The summed E-state index contributed by atoms with van der Waals surface area (Å²) in [4.78, 5) is 13.8. The smallest absolute Gasteiger partial charge is 0.248 e. The third-order valence-corrected chi connectivity index (χ3v) is 4.98. The zero-order chi connectivity index (χ0) is 21.3. The Morgan fingerprint density at radius 1 is 1.03 bits per heavy atom. The lowest BCUT2D eigenvalue weighted by Gasteiger charge is -2.06. The molecular weight excluding hydrogens is 426 g/mol. The summed E-state index contributed by atoms with van der Waals surface area (Å²) in [7, 11) is 0. The molecule has 150 valence electrons. The highest BCUT2D eigenvalue weighted by Crippen LogP contribution is 2.24. The Labute approximate surface area is 181 Å². The van der Waals surface area contributed by atoms with Gasteiger partial charge in [0.25, 0.3) is 0 Å². The minimum Gasteiger partial charge on any atom is -0.322 e. The van der Waals surface area contributed by atoms with E-state index < -0.39 is 0 Å². The molecule has 0 saturated heterocycles. The first-order valence-electron chi connectivity index (χ1n) is 8.97. The fraction of sp³-hybridized carbons (Fsp3) is 0.0455. The molecule has 1 heterocycles. The number of halogens is 3. The van der Waals surface area contributed by atoms with Gasteiger partial charge < -0.3 is 5.32 Å². The van der Waals surface area contributed by atoms with Gasteiger partial charge in [-0.3, -0.25) is 4.79 Å². The predicted octanol–water partition coefficient (Wildman–Crippen LogP) is 5.83. The highest BCUT2D eigenvalue weighted by molar-refractivity contribution is 6.35. The van der Waals surface area contributed by atoms with Crippen LogP contribution < -0.4 is 5.32 Å². The Morgan fingerprint density at radius 3 is 2.43 bits per heavy atom. The molecule has 5 nitrogen and oxygen atoms in total. The van der Waals surface area contributed by atoms with Crippen molar-refractivity contribution in [3.8, 4) is 5.69 Å². The standard InChI is InChI=1S/C22H15Cl2FN4O/c1-13-10-20-21(28-29(27-20)17-7-5-16(25)6-8-17)12-19(13)26-22(30)9-3-14-2-4-15(23)11-18(14)24/h2-12H,1H3,(H,26,30)/b9-3+. The van der Waals surface area contributed by atoms with Crippen LogP contribution >= 0.6 is 23.2 Å². The Balaban J connectivity index is 1.56. The van der Waals surface area contributed by atoms with Gasteiger partial charge in [0.2, 0.25) is 5.91 Å². The van der Waals surface area contributed by atoms with Crippen LogP contribution in [0.15, 0.2) is 60.7 Å². The SMILES string of the molecule is Cc1cc2nn(-c3ccc(F)cc3)nc2cc1NC(=O)/C=C/c1ccc(Cl)cc1Cl. The molecule has 0 fully saturated rings. The number of nitrogens with zero attached hydrogens (tertiary/aromatic N) is 3. The third-order valence-electron chi connectivity index (χ3n) is 4.42. The maximum Gasteiger partial charge on any atom is 0.248 e. The second-order valence-corrected chi connectivity index (χ2v) is 7.45. The van der Waals surface area contributed by atoms with Crippen molar-refractivity contribution in [2.24, 2.45) is 0 Å². The van der Waals surface area contributed by atoms with Crippen LogP contribution in [0.5, 0.6) is 0 Å². The van der Waals surface area contributed by atoms with Gasteiger partial charge in [0.05, 0.1) is 5.69 Å². The molecule has 1 N–H and O–H groups in total. The van der Waals surface area contributed by atoms with Crippen molar-refractivity contribution in [2.45, 2.75) is 6.92 Å². The number of rotatable bonds is 4. The molecule has 0 atom stereocenters. The quantitative estimate of drug-likeness (QED) is 0.406. The normalized spacial score (nSPS) is 11.3. The van der Waals surface area contributed by atoms with Crippen molar-refractivity contribution in [1.82, 2.24) is 15.0 Å². The van der Waals surface area contributed by atoms with Gasteiger partial charge in [0, 0.05) is 21.8 Å². The molecule has 1 amide bonds. The molecular formula is C22H15Cl2FN4O. The number of carbonyl (C=O) groups excluding carboxylic acids is 1. The number of nitrogens with one attached hydrogen (secondary N) is 1. The third kappa shape index (κ3) is 4.35. The first-order valence-corrected chi connectivity index (χ1v) is 9.72. The van der Waals surface area contributed by atoms with Gasteiger partial charge in [-0.1, -0.05) is 29.3 Å². The van der Waals surface area contributed by atoms with Crippen LogP contribution in [0.25, 0.3) is 22.8 Å². The first-order chi connectivity index (χ1) is 14.4. The Bertz CT molecular complexity index is 1280. The topological polar surface area (TPSA) is 59.8 Å². The molecule has 0 bridgehead atoms. The lowest BCUT2D eigenvalue weighted by molar-refractivity contribution is -0.111. The second kappa shape index (κ2) is 8.26. The number of aromatic nitrogens is 3. The van der Waals surface area contributed by atoms with E-state index in [1.165, 1.54) is 23.0 Å². The summed E-state index contributed by atoms with van der Waals surface area (Å²) in [5.74, 6) is -0.640. The second-order valence-electron chi connectivity index (χ2n) is 6.61. The molecule has 0 spiro atoms. The summed E-state index contributed by atoms with van der Waals surface area (Å²) in [6, 6.07) is 14.5. The number of anilines is 1. The van der Waals surface area contributed by atoms with E-state index >= 15 is 0 Å². The molecule has 0 saturated carbocycles. The highest BCUT2D eigenvalue weighted by atomic mass is 35.5. The summed E-state index contributed by atoms with van der Waals surface area (Å²) in [6.45, 7) is 1.87. The number of amides is 1. The van der Waals surface area contributed by atoms with Gasteiger partial charge in [-0.15, -0.1) is 10.2 Å². The van der Waals surface area contributed by atoms with Crippen molar-refractivity contribution >= 4 is 51.9 Å². The van der Waals surface area contributed by atoms with Crippen molar-refractivity contribution in [2.75, 3.05) is 5.32 Å². The summed E-state index contributed by atoms with van der Waals surface area (Å²) < 4.78 is 13.1. The fourth-order valence-electron chi connectivity index (χ4n) is 2.87. The Morgan fingerprint density at radius 2 is 1.73 bits per heavy atom. The van der Waals surface area contributed by atoms with Crippen LogP contribution in [0.3, 0.4) is 0 Å². The molecule has 30 heavy (non-hydrogen) atoms. The molecule has 0 radical (unpaired) electrons. The average Bonchev–Trinajstić information content (AvgIpc) is 3.10. The number of aryl methyl sites for hydroxylation is 1. The molecule has 0 aliphatic carbocycles. The number of carbonyl (C=O) groups is 1. The summed E-state index contributed by atoms with van der Waals surface area (Å²) in [5, 5.41) is 12.7. The van der Waals surface area contributed by atoms with E-state index in [0.717, 1.165) is 5.56 Å². The van der Waals surface area contributed by atoms with Crippen LogP contribution in [-0.4, -0.2) is 20.9 Å². The molecule has 4 aromatic rings. The lowest BCUT2D eigenvalue weighted by atomic mass is 10.1. The number of hydrogen-bond donors (Lipinski definition) is 1. The van der Waals surface area contributed by atoms with Gasteiger partial charge in [0.1, 0.15) is 16.9 Å². The largest absolute Gasteiger partial charge is 0.322 e. The van der Waals surface area contributed by atoms with E-state index in [1.807, 2.05) is 13.0 Å². The summed E-state index contributed by atoms with van der Waals surface area (Å²) in [6.07, 6.45) is 3.01. The fourth-order valence-corrected chi connectivity index (χ4v) is 3.34. The van der Waals surface area contributed by atoms with Crippen LogP contribution in [0.1, 0.15) is 11.1 Å². The van der Waals surface area contributed by atoms with Crippen LogP contribution in [-0.2, 0) is 4.79 Å². The van der Waals surface area contributed by atoms with Crippen molar-refractivity contribution in [1.29, 1.82) is 0 Å². The van der Waals surface area contributed by atoms with E-state index in [1.54, 1.807) is 42.5 Å². The predicted molar refractivity (Wildman–Crippen MR) is 118 cm³/mol. The molecule has 4 rings (SSSR count). The number of hydrogen-bond acceptors (Lipinski definition) is 3. The van der Waals surface area contributed by atoms with E-state index in [4.69, 9.17) is 23.2 Å². The van der Waals surface area contributed by atoms with E-state index in [0.29, 0.717) is 38.0 Å². The summed E-state index contributed by atoms with van der Waals surface area (Å²) in [5.41, 5.74) is 4.04. The highest BCUT2D eigenvalue weighted by Gasteiger charge is 2.10. The molecule has 1 aromatic heterocycles. The first kappa shape index (κ1) is 20.1. The minimum absolute atomic E-state index is 0.311. The van der Waals surface area contributed by atoms with Crippen molar-refractivity contribution in [3.05, 3.63) is 87.7 Å². The maximum atomic E-state index is 13.1. The zero-order valence-corrected chi connectivity index (χ0v) is 17.2. The maximum absolute atomic E-state index is 13.1. The zero-order valence-electron chi connectivity index (χ0n) is 15.7. The average molecular weight is 441 g/mol.